The number of amides is 2. The van der Waals surface area contributed by atoms with Crippen LogP contribution in [0, 0.1) is 12.8 Å². The molecule has 2 heterocycles. The van der Waals surface area contributed by atoms with E-state index in [4.69, 9.17) is 21.4 Å². The van der Waals surface area contributed by atoms with Crippen LogP contribution in [0.3, 0.4) is 0 Å². The number of nitrogens with zero attached hydrogens (tertiary/aromatic N) is 4. The number of carbonyl (C=O) groups excluding carboxylic acids is 2. The minimum absolute atomic E-state index is 0.0125. The van der Waals surface area contributed by atoms with Crippen LogP contribution in [-0.4, -0.2) is 66.3 Å². The first kappa shape index (κ1) is 24.1. The summed E-state index contributed by atoms with van der Waals surface area (Å²) >= 11 is 6.23. The van der Waals surface area contributed by atoms with E-state index < -0.39 is 0 Å². The summed E-state index contributed by atoms with van der Waals surface area (Å²) in [6.07, 6.45) is 0.387. The molecule has 32 heavy (non-hydrogen) atoms. The average Bonchev–Trinajstić information content (AvgIpc) is 3.11. The van der Waals surface area contributed by atoms with Crippen LogP contribution in [0.4, 0.5) is 5.82 Å². The number of hydrogen-bond donors (Lipinski definition) is 1. The van der Waals surface area contributed by atoms with Crippen molar-refractivity contribution in [3.05, 3.63) is 40.5 Å². The second-order valence-electron chi connectivity index (χ2n) is 8.50. The minimum Gasteiger partial charge on any atom is -0.493 e. The summed E-state index contributed by atoms with van der Waals surface area (Å²) in [5, 5.41) is 7.95. The summed E-state index contributed by atoms with van der Waals surface area (Å²) in [6, 6.07) is 7.54. The molecule has 0 atom stereocenters. The smallest absolute Gasteiger partial charge is 0.242 e. The lowest BCUT2D eigenvalue weighted by Gasteiger charge is -2.32. The maximum atomic E-state index is 12.7. The van der Waals surface area contributed by atoms with Gasteiger partial charge in [-0.2, -0.15) is 5.10 Å². The normalized spacial score (nSPS) is 14.8. The molecule has 8 nitrogen and oxygen atoms in total. The van der Waals surface area contributed by atoms with Gasteiger partial charge < -0.3 is 10.1 Å². The van der Waals surface area contributed by atoms with E-state index >= 15 is 0 Å². The van der Waals surface area contributed by atoms with Gasteiger partial charge >= 0.3 is 0 Å². The van der Waals surface area contributed by atoms with Gasteiger partial charge in [-0.1, -0.05) is 25.4 Å². The molecule has 1 aromatic heterocycles. The highest BCUT2D eigenvalue weighted by atomic mass is 35.5. The van der Waals surface area contributed by atoms with E-state index in [0.29, 0.717) is 56.0 Å². The minimum atomic E-state index is -0.0213. The third kappa shape index (κ3) is 6.23. The number of anilines is 1. The van der Waals surface area contributed by atoms with E-state index in [2.05, 4.69) is 19.2 Å². The number of aryl methyl sites for hydroxylation is 1. The van der Waals surface area contributed by atoms with Crippen LogP contribution in [0.15, 0.2) is 24.3 Å². The molecule has 2 amide bonds. The number of hydrogen-bond acceptors (Lipinski definition) is 5. The van der Waals surface area contributed by atoms with Crippen molar-refractivity contribution in [1.82, 2.24) is 20.0 Å². The molecule has 1 aromatic carbocycles. The van der Waals surface area contributed by atoms with Crippen LogP contribution in [0.25, 0.3) is 0 Å². The molecular formula is C23H32ClN5O3. The number of nitrogens with one attached hydrogen (secondary N) is 1. The fourth-order valence-electron chi connectivity index (χ4n) is 3.55. The Hall–Kier alpha value is -2.58. The summed E-state index contributed by atoms with van der Waals surface area (Å²) in [6.45, 7) is 9.41. The quantitative estimate of drug-likeness (QED) is 0.621. The van der Waals surface area contributed by atoms with Crippen molar-refractivity contribution in [1.29, 1.82) is 0 Å². The molecule has 3 rings (SSSR count). The van der Waals surface area contributed by atoms with Gasteiger partial charge in [-0.15, -0.1) is 0 Å². The second-order valence-corrected chi connectivity index (χ2v) is 8.94. The number of aromatic nitrogens is 2. The fourth-order valence-corrected chi connectivity index (χ4v) is 3.75. The summed E-state index contributed by atoms with van der Waals surface area (Å²) in [5.74, 6) is 1.82. The van der Waals surface area contributed by atoms with E-state index in [0.717, 1.165) is 17.0 Å². The fraction of sp³-hybridized carbons (Fsp3) is 0.522. The lowest BCUT2D eigenvalue weighted by atomic mass is 10.2. The summed E-state index contributed by atoms with van der Waals surface area (Å²) in [7, 11) is 1.62. The number of benzene rings is 1. The molecule has 0 bridgehead atoms. The third-order valence-corrected chi connectivity index (χ3v) is 5.63. The number of ether oxygens (including phenoxy) is 1. The molecule has 1 aliphatic heterocycles. The number of piperazine rings is 1. The van der Waals surface area contributed by atoms with E-state index in [1.54, 1.807) is 11.9 Å². The first-order valence-electron chi connectivity index (χ1n) is 11.0. The molecule has 1 N–H and O–H groups in total. The third-order valence-electron chi connectivity index (χ3n) is 5.39. The van der Waals surface area contributed by atoms with Crippen molar-refractivity contribution >= 4 is 29.2 Å². The highest BCUT2D eigenvalue weighted by Crippen LogP contribution is 2.26. The Morgan fingerprint density at radius 1 is 1.28 bits per heavy atom. The molecule has 0 unspecified atom stereocenters. The van der Waals surface area contributed by atoms with E-state index in [1.165, 1.54) is 0 Å². The van der Waals surface area contributed by atoms with Gasteiger partial charge in [0.25, 0.3) is 0 Å². The zero-order chi connectivity index (χ0) is 23.3. The zero-order valence-corrected chi connectivity index (χ0v) is 20.0. The predicted molar refractivity (Wildman–Crippen MR) is 125 cm³/mol. The topological polar surface area (TPSA) is 79.7 Å². The summed E-state index contributed by atoms with van der Waals surface area (Å²) < 4.78 is 7.84. The van der Waals surface area contributed by atoms with Gasteiger partial charge in [0, 0.05) is 55.4 Å². The van der Waals surface area contributed by atoms with Crippen LogP contribution in [-0.2, 0) is 16.1 Å². The van der Waals surface area contributed by atoms with E-state index in [-0.39, 0.29) is 18.4 Å². The summed E-state index contributed by atoms with van der Waals surface area (Å²) in [5.41, 5.74) is 1.89. The Labute approximate surface area is 194 Å². The van der Waals surface area contributed by atoms with Gasteiger partial charge in [0.15, 0.2) is 5.82 Å². The largest absolute Gasteiger partial charge is 0.493 e. The lowest BCUT2D eigenvalue weighted by Crippen LogP contribution is -2.51. The van der Waals surface area contributed by atoms with Crippen molar-refractivity contribution in [2.75, 3.05) is 44.7 Å². The van der Waals surface area contributed by atoms with Crippen molar-refractivity contribution in [2.45, 2.75) is 33.7 Å². The molecule has 0 aliphatic carbocycles. The predicted octanol–water partition coefficient (Wildman–Crippen LogP) is 2.71. The highest BCUT2D eigenvalue weighted by Gasteiger charge is 2.27. The maximum Gasteiger partial charge on any atom is 0.242 e. The maximum absolute atomic E-state index is 12.7. The lowest BCUT2D eigenvalue weighted by molar-refractivity contribution is -0.124. The number of rotatable bonds is 9. The second kappa shape index (κ2) is 10.8. The molecule has 1 aliphatic rings. The monoisotopic (exact) mass is 461 g/mol. The van der Waals surface area contributed by atoms with Crippen LogP contribution in [0.1, 0.15) is 31.5 Å². The van der Waals surface area contributed by atoms with Crippen LogP contribution in [0.2, 0.25) is 5.02 Å². The van der Waals surface area contributed by atoms with Crippen LogP contribution >= 0.6 is 11.6 Å². The molecule has 0 spiro atoms. The Morgan fingerprint density at radius 3 is 2.75 bits per heavy atom. The number of carbonyl (C=O) groups is 2. The SMILES string of the molecule is CNC(=O)CCN1CCN(c2cc(C)n(Cc3cc(Cl)ccc3OCC(C)C)n2)C(=O)C1. The van der Waals surface area contributed by atoms with Gasteiger partial charge in [0.1, 0.15) is 5.75 Å². The van der Waals surface area contributed by atoms with Gasteiger partial charge in [0.2, 0.25) is 11.8 Å². The van der Waals surface area contributed by atoms with Crippen LogP contribution < -0.4 is 15.0 Å². The Balaban J connectivity index is 1.69. The van der Waals surface area contributed by atoms with Gasteiger partial charge in [-0.3, -0.25) is 24.1 Å². The van der Waals surface area contributed by atoms with E-state index in [9.17, 15) is 9.59 Å². The molecule has 1 fully saturated rings. The van der Waals surface area contributed by atoms with Gasteiger partial charge in [-0.25, -0.2) is 0 Å². The van der Waals surface area contributed by atoms with Crippen molar-refractivity contribution in [3.8, 4) is 5.75 Å². The average molecular weight is 462 g/mol. The Bertz CT molecular complexity index is 959. The van der Waals surface area contributed by atoms with Crippen molar-refractivity contribution in [2.24, 2.45) is 5.92 Å². The van der Waals surface area contributed by atoms with Crippen molar-refractivity contribution in [3.63, 3.8) is 0 Å². The molecule has 174 valence electrons. The summed E-state index contributed by atoms with van der Waals surface area (Å²) in [4.78, 5) is 27.9. The standard InChI is InChI=1S/C23H32ClN5O3/c1-16(2)15-32-20-6-5-19(24)12-18(20)13-29-17(3)11-21(26-29)28-10-9-27(14-23(28)31)8-7-22(30)25-4/h5-6,11-12,16H,7-10,13-15H2,1-4H3,(H,25,30). The Kier molecular flexibility index (Phi) is 8.15. The Morgan fingerprint density at radius 2 is 2.06 bits per heavy atom. The first-order valence-corrected chi connectivity index (χ1v) is 11.3. The number of halogens is 1. The van der Waals surface area contributed by atoms with Crippen molar-refractivity contribution < 1.29 is 14.3 Å². The molecule has 0 saturated carbocycles. The molecule has 2 aromatic rings. The molecule has 1 saturated heterocycles. The molecular weight excluding hydrogens is 430 g/mol. The van der Waals surface area contributed by atoms with E-state index in [1.807, 2.05) is 40.8 Å². The molecule has 9 heteroatoms. The highest BCUT2D eigenvalue weighted by molar-refractivity contribution is 6.30. The van der Waals surface area contributed by atoms with Gasteiger partial charge in [-0.05, 0) is 31.0 Å². The van der Waals surface area contributed by atoms with Crippen LogP contribution in [0.5, 0.6) is 5.75 Å². The molecule has 0 radical (unpaired) electrons. The first-order chi connectivity index (χ1) is 15.3. The van der Waals surface area contributed by atoms with Gasteiger partial charge in [0.05, 0.1) is 19.7 Å². The zero-order valence-electron chi connectivity index (χ0n) is 19.2.